The maximum absolute atomic E-state index is 14.1. The molecule has 0 N–H and O–H groups in total. The van der Waals surface area contributed by atoms with Crippen LogP contribution in [0.1, 0.15) is 26.3 Å². The fraction of sp³-hybridized carbons (Fsp3) is 0.176. The zero-order valence-corrected chi connectivity index (χ0v) is 25.3. The van der Waals surface area contributed by atoms with Crippen LogP contribution >= 0.6 is 11.3 Å². The van der Waals surface area contributed by atoms with Gasteiger partial charge in [-0.1, -0.05) is 39.0 Å². The Balaban J connectivity index is 1.81. The Morgan fingerprint density at radius 1 is 0.907 bits per heavy atom. The van der Waals surface area contributed by atoms with Crippen molar-refractivity contribution in [3.63, 3.8) is 0 Å². The van der Waals surface area contributed by atoms with Crippen molar-refractivity contribution in [1.82, 2.24) is 14.3 Å². The molecule has 2 aromatic heterocycles. The van der Waals surface area contributed by atoms with E-state index in [1.807, 2.05) is 60.8 Å². The molecule has 0 saturated carbocycles. The van der Waals surface area contributed by atoms with Crippen molar-refractivity contribution in [3.8, 4) is 40.2 Å². The van der Waals surface area contributed by atoms with Gasteiger partial charge in [0.15, 0.2) is 5.78 Å². The molecule has 0 radical (unpaired) electrons. The zero-order chi connectivity index (χ0) is 30.7. The molecule has 0 amide bonds. The van der Waals surface area contributed by atoms with Crippen molar-refractivity contribution in [2.45, 2.75) is 20.8 Å². The van der Waals surface area contributed by atoms with E-state index >= 15 is 0 Å². The van der Waals surface area contributed by atoms with Gasteiger partial charge in [-0.15, -0.1) is 11.3 Å². The number of Topliss-reactive ketones (excluding diaryl/α,β-unsaturated/α-hetero) is 1. The van der Waals surface area contributed by atoms with Gasteiger partial charge in [0.1, 0.15) is 33.5 Å². The summed E-state index contributed by atoms with van der Waals surface area (Å²) in [6, 6.07) is 26.2. The summed E-state index contributed by atoms with van der Waals surface area (Å²) in [5.41, 5.74) is 2.32. The van der Waals surface area contributed by atoms with Crippen LogP contribution in [0.5, 0.6) is 11.5 Å². The smallest absolute Gasteiger partial charge is 0.273 e. The Kier molecular flexibility index (Phi) is 8.15. The Morgan fingerprint density at radius 2 is 1.51 bits per heavy atom. The first-order valence-electron chi connectivity index (χ1n) is 13.5. The Hall–Kier alpha value is -5.20. The second-order valence-corrected chi connectivity index (χ2v) is 11.8. The van der Waals surface area contributed by atoms with Crippen LogP contribution in [0.2, 0.25) is 0 Å². The number of nitrogens with zero attached hydrogens (tertiary/aromatic N) is 4. The number of ketones is 1. The number of aromatic nitrogens is 3. The number of ether oxygens (including phenoxy) is 2. The summed E-state index contributed by atoms with van der Waals surface area (Å²) >= 11 is 1.10. The first kappa shape index (κ1) is 29.3. The second-order valence-electron chi connectivity index (χ2n) is 10.8. The molecule has 0 aliphatic carbocycles. The number of carbonyl (C=O) groups excluding carboxylic acids is 1. The lowest BCUT2D eigenvalue weighted by molar-refractivity contribution is -0.120. The van der Waals surface area contributed by atoms with E-state index in [-0.39, 0.29) is 21.6 Å². The number of methoxy groups -OCH3 is 2. The van der Waals surface area contributed by atoms with Gasteiger partial charge in [-0.3, -0.25) is 14.2 Å². The average molecular weight is 591 g/mol. The minimum atomic E-state index is -0.821. The number of hydrogen-bond donors (Lipinski definition) is 0. The summed E-state index contributed by atoms with van der Waals surface area (Å²) < 4.78 is 14.4. The summed E-state index contributed by atoms with van der Waals surface area (Å²) in [5.74, 6) is 0.985. The minimum absolute atomic E-state index is 0.0690. The molecule has 0 atom stereocenters. The van der Waals surface area contributed by atoms with Crippen molar-refractivity contribution in [3.05, 3.63) is 110 Å². The van der Waals surface area contributed by atoms with Crippen LogP contribution in [0.3, 0.4) is 0 Å². The van der Waals surface area contributed by atoms with Crippen molar-refractivity contribution in [2.75, 3.05) is 14.2 Å². The summed E-state index contributed by atoms with van der Waals surface area (Å²) in [7, 11) is 3.17. The van der Waals surface area contributed by atoms with E-state index in [9.17, 15) is 14.9 Å². The minimum Gasteiger partial charge on any atom is -0.497 e. The molecule has 0 saturated heterocycles. The van der Waals surface area contributed by atoms with Gasteiger partial charge >= 0.3 is 0 Å². The third-order valence-electron chi connectivity index (χ3n) is 6.80. The van der Waals surface area contributed by atoms with Gasteiger partial charge in [-0.25, -0.2) is 4.68 Å². The normalized spacial score (nSPS) is 12.5. The maximum Gasteiger partial charge on any atom is 0.273 e. The number of nitriles is 1. The lowest BCUT2D eigenvalue weighted by Crippen LogP contribution is -2.33. The number of rotatable bonds is 7. The van der Waals surface area contributed by atoms with Crippen molar-refractivity contribution >= 4 is 28.8 Å². The predicted molar refractivity (Wildman–Crippen MR) is 168 cm³/mol. The van der Waals surface area contributed by atoms with E-state index in [1.54, 1.807) is 70.0 Å². The number of thiazole rings is 1. The van der Waals surface area contributed by atoms with E-state index in [2.05, 4.69) is 6.07 Å². The molecule has 0 aliphatic heterocycles. The highest BCUT2D eigenvalue weighted by Crippen LogP contribution is 2.26. The quantitative estimate of drug-likeness (QED) is 0.268. The largest absolute Gasteiger partial charge is 0.497 e. The van der Waals surface area contributed by atoms with Gasteiger partial charge in [0, 0.05) is 22.7 Å². The van der Waals surface area contributed by atoms with Gasteiger partial charge < -0.3 is 9.47 Å². The van der Waals surface area contributed by atoms with Crippen LogP contribution in [-0.4, -0.2) is 34.4 Å². The average Bonchev–Trinajstić information content (AvgIpc) is 3.58. The van der Waals surface area contributed by atoms with Crippen LogP contribution in [0, 0.1) is 16.7 Å². The SMILES string of the molecule is COc1ccc(-c2nn(-c3ccccc3)cc2/C=c2\s/c(=C(\C#N)C(=O)C(C)(C)C)n(-c3ccc(OC)cc3)c2=O)cc1. The lowest BCUT2D eigenvalue weighted by Gasteiger charge is -2.15. The molecular formula is C34H30N4O4S. The highest BCUT2D eigenvalue weighted by Gasteiger charge is 2.27. The first-order valence-corrected chi connectivity index (χ1v) is 14.3. The van der Waals surface area contributed by atoms with Gasteiger partial charge in [-0.05, 0) is 66.7 Å². The second kappa shape index (κ2) is 12.0. The van der Waals surface area contributed by atoms with Crippen molar-refractivity contribution < 1.29 is 14.3 Å². The van der Waals surface area contributed by atoms with Crippen LogP contribution in [0.4, 0.5) is 0 Å². The predicted octanol–water partition coefficient (Wildman–Crippen LogP) is 4.89. The van der Waals surface area contributed by atoms with Crippen LogP contribution < -0.4 is 24.2 Å². The first-order chi connectivity index (χ1) is 20.6. The van der Waals surface area contributed by atoms with Gasteiger partial charge in [0.25, 0.3) is 5.56 Å². The molecule has 2 heterocycles. The third kappa shape index (κ3) is 5.92. The van der Waals surface area contributed by atoms with E-state index < -0.39 is 5.41 Å². The summed E-state index contributed by atoms with van der Waals surface area (Å²) in [6.45, 7) is 5.26. The standard InChI is InChI=1S/C34H30N4O4S/c1-34(2,3)31(39)28(20-35)33-38(25-13-17-27(42-5)18-14-25)32(40)29(43-33)19-23-21-37(24-9-7-6-8-10-24)36-30(23)22-11-15-26(41-4)16-12-22/h6-19,21H,1-5H3/b29-19-,33-28+. The number of hydrogen-bond acceptors (Lipinski definition) is 7. The van der Waals surface area contributed by atoms with Gasteiger partial charge in [0.05, 0.1) is 30.1 Å². The zero-order valence-electron chi connectivity index (χ0n) is 24.5. The van der Waals surface area contributed by atoms with E-state index in [0.717, 1.165) is 22.6 Å². The van der Waals surface area contributed by atoms with Gasteiger partial charge in [-0.2, -0.15) is 10.4 Å². The molecule has 5 aromatic rings. The van der Waals surface area contributed by atoms with Gasteiger partial charge in [0.2, 0.25) is 0 Å². The van der Waals surface area contributed by atoms with Crippen LogP contribution in [0.15, 0.2) is 89.9 Å². The Bertz CT molecular complexity index is 2010. The molecule has 0 fully saturated rings. The molecule has 43 heavy (non-hydrogen) atoms. The Morgan fingerprint density at radius 3 is 2.07 bits per heavy atom. The molecular weight excluding hydrogens is 560 g/mol. The topological polar surface area (TPSA) is 99.1 Å². The molecule has 8 nitrogen and oxygen atoms in total. The maximum atomic E-state index is 14.1. The monoisotopic (exact) mass is 590 g/mol. The highest BCUT2D eigenvalue weighted by molar-refractivity contribution is 7.07. The number of benzene rings is 3. The Labute approximate surface area is 253 Å². The van der Waals surface area contributed by atoms with E-state index in [1.165, 1.54) is 4.57 Å². The number of para-hydroxylation sites is 1. The third-order valence-corrected chi connectivity index (χ3v) is 7.89. The summed E-state index contributed by atoms with van der Waals surface area (Å²) in [5, 5.41) is 15.0. The molecule has 9 heteroatoms. The van der Waals surface area contributed by atoms with Crippen LogP contribution in [0.25, 0.3) is 34.3 Å². The van der Waals surface area contributed by atoms with E-state index in [0.29, 0.717) is 33.0 Å². The fourth-order valence-electron chi connectivity index (χ4n) is 4.51. The summed E-state index contributed by atoms with van der Waals surface area (Å²) in [4.78, 5) is 27.5. The molecule has 5 rings (SSSR count). The highest BCUT2D eigenvalue weighted by atomic mass is 32.1. The molecule has 0 bridgehead atoms. The number of carbonyl (C=O) groups is 1. The van der Waals surface area contributed by atoms with Crippen molar-refractivity contribution in [1.29, 1.82) is 5.26 Å². The molecule has 0 unspecified atom stereocenters. The van der Waals surface area contributed by atoms with E-state index in [4.69, 9.17) is 14.6 Å². The van der Waals surface area contributed by atoms with Crippen molar-refractivity contribution in [2.24, 2.45) is 5.41 Å². The molecule has 0 aliphatic rings. The molecule has 216 valence electrons. The lowest BCUT2D eigenvalue weighted by atomic mass is 9.87. The van der Waals surface area contributed by atoms with Crippen LogP contribution in [-0.2, 0) is 4.79 Å². The molecule has 3 aromatic carbocycles. The summed E-state index contributed by atoms with van der Waals surface area (Å²) in [6.07, 6.45) is 3.62. The fourth-order valence-corrected chi connectivity index (χ4v) is 5.60. The molecule has 0 spiro atoms.